The molecule has 0 aromatic heterocycles. The molecule has 0 aliphatic carbocycles. The molecule has 27 heavy (non-hydrogen) atoms. The minimum atomic E-state index is -0.674. The number of rotatable bonds is 3. The number of aryl methyl sites for hydroxylation is 6. The van der Waals surface area contributed by atoms with Gasteiger partial charge in [-0.05, 0) is 94.0 Å². The summed E-state index contributed by atoms with van der Waals surface area (Å²) >= 11 is 0. The maximum Gasteiger partial charge on any atom is 0.280 e. The van der Waals surface area contributed by atoms with Gasteiger partial charge < -0.3 is 0 Å². The van der Waals surface area contributed by atoms with E-state index < -0.39 is 6.04 Å². The molecule has 1 atom stereocenters. The second-order valence-corrected chi connectivity index (χ2v) is 7.46. The molecule has 0 bridgehead atoms. The van der Waals surface area contributed by atoms with E-state index in [1.54, 1.807) is 0 Å². The monoisotopic (exact) mass is 362 g/mol. The van der Waals surface area contributed by atoms with E-state index >= 15 is 0 Å². The lowest BCUT2D eigenvalue weighted by Gasteiger charge is -2.17. The van der Waals surface area contributed by atoms with Crippen molar-refractivity contribution in [1.29, 1.82) is 0 Å². The van der Waals surface area contributed by atoms with Gasteiger partial charge in [0.25, 0.3) is 5.91 Å². The maximum atomic E-state index is 12.9. The summed E-state index contributed by atoms with van der Waals surface area (Å²) in [6.45, 7) is 14.0. The summed E-state index contributed by atoms with van der Waals surface area (Å²) in [5.41, 5.74) is 9.03. The normalized spacial score (nSPS) is 17.1. The van der Waals surface area contributed by atoms with Crippen LogP contribution in [-0.2, 0) is 4.79 Å². The molecule has 0 saturated carbocycles. The lowest BCUT2D eigenvalue weighted by molar-refractivity contribution is -0.117. The van der Waals surface area contributed by atoms with Crippen molar-refractivity contribution in [1.82, 2.24) is 0 Å². The molecule has 1 amide bonds. The molecule has 1 aliphatic heterocycles. The van der Waals surface area contributed by atoms with E-state index in [4.69, 9.17) is 0 Å². The first-order valence-electron chi connectivity index (χ1n) is 9.14. The number of hydrazone groups is 1. The molecule has 1 heterocycles. The van der Waals surface area contributed by atoms with Crippen LogP contribution in [0.4, 0.5) is 11.4 Å². The van der Waals surface area contributed by atoms with Crippen molar-refractivity contribution in [2.24, 2.45) is 15.3 Å². The molecular formula is C22H26N4O. The van der Waals surface area contributed by atoms with Crippen molar-refractivity contribution in [2.75, 3.05) is 5.01 Å². The van der Waals surface area contributed by atoms with Gasteiger partial charge in [0.1, 0.15) is 0 Å². The third kappa shape index (κ3) is 3.54. The van der Waals surface area contributed by atoms with Gasteiger partial charge in [-0.15, -0.1) is 0 Å². The van der Waals surface area contributed by atoms with Gasteiger partial charge in [-0.1, -0.05) is 12.1 Å². The van der Waals surface area contributed by atoms with E-state index in [0.29, 0.717) is 5.71 Å². The Labute approximate surface area is 160 Å². The second-order valence-electron chi connectivity index (χ2n) is 7.46. The average molecular weight is 362 g/mol. The molecule has 3 rings (SSSR count). The van der Waals surface area contributed by atoms with Crippen LogP contribution in [0.5, 0.6) is 0 Å². The summed E-state index contributed by atoms with van der Waals surface area (Å²) in [6, 6.07) is 7.51. The largest absolute Gasteiger partial charge is 0.280 e. The Hall–Kier alpha value is -2.82. The minimum absolute atomic E-state index is 0.163. The van der Waals surface area contributed by atoms with Crippen molar-refractivity contribution in [2.45, 2.75) is 54.5 Å². The van der Waals surface area contributed by atoms with Gasteiger partial charge in [0, 0.05) is 0 Å². The highest BCUT2D eigenvalue weighted by Crippen LogP contribution is 2.29. The van der Waals surface area contributed by atoms with Crippen LogP contribution >= 0.6 is 0 Å². The molecule has 2 aromatic carbocycles. The summed E-state index contributed by atoms with van der Waals surface area (Å²) in [7, 11) is 0. The Morgan fingerprint density at radius 1 is 0.778 bits per heavy atom. The van der Waals surface area contributed by atoms with Crippen molar-refractivity contribution >= 4 is 23.0 Å². The highest BCUT2D eigenvalue weighted by Gasteiger charge is 2.35. The van der Waals surface area contributed by atoms with Crippen LogP contribution < -0.4 is 5.01 Å². The number of hydrogen-bond acceptors (Lipinski definition) is 4. The van der Waals surface area contributed by atoms with Crippen LogP contribution in [0.3, 0.4) is 0 Å². The number of carbonyl (C=O) groups is 1. The molecule has 0 saturated heterocycles. The number of carbonyl (C=O) groups excluding carboxylic acids is 1. The lowest BCUT2D eigenvalue weighted by Crippen LogP contribution is -2.30. The quantitative estimate of drug-likeness (QED) is 0.673. The fraction of sp³-hybridized carbons (Fsp3) is 0.364. The Kier molecular flexibility index (Phi) is 4.96. The molecule has 0 radical (unpaired) electrons. The van der Waals surface area contributed by atoms with Crippen LogP contribution in [0.1, 0.15) is 40.3 Å². The summed E-state index contributed by atoms with van der Waals surface area (Å²) in [5.74, 6) is -0.163. The van der Waals surface area contributed by atoms with Crippen LogP contribution in [0.15, 0.2) is 39.6 Å². The highest BCUT2D eigenvalue weighted by atomic mass is 16.2. The SMILES string of the molecule is CC1=NN(c2cc(C)c(C)cc2C)C(=O)C1N=Nc1cc(C)c(C)cc1C. The lowest BCUT2D eigenvalue weighted by atomic mass is 10.0. The van der Waals surface area contributed by atoms with Gasteiger partial charge in [-0.25, -0.2) is 0 Å². The van der Waals surface area contributed by atoms with Gasteiger partial charge in [-0.3, -0.25) is 4.79 Å². The Balaban J connectivity index is 1.90. The summed E-state index contributed by atoms with van der Waals surface area (Å²) in [4.78, 5) is 12.9. The van der Waals surface area contributed by atoms with Crippen LogP contribution in [-0.4, -0.2) is 17.7 Å². The predicted octanol–water partition coefficient (Wildman–Crippen LogP) is 5.41. The molecular weight excluding hydrogens is 336 g/mol. The molecule has 2 aromatic rings. The zero-order valence-corrected chi connectivity index (χ0v) is 17.1. The topological polar surface area (TPSA) is 57.4 Å². The first kappa shape index (κ1) is 19.0. The van der Waals surface area contributed by atoms with Crippen LogP contribution in [0.25, 0.3) is 0 Å². The summed E-state index contributed by atoms with van der Waals surface area (Å²) < 4.78 is 0. The van der Waals surface area contributed by atoms with E-state index in [0.717, 1.165) is 33.6 Å². The number of azo groups is 1. The molecule has 1 unspecified atom stereocenters. The van der Waals surface area contributed by atoms with Gasteiger partial charge in [-0.2, -0.15) is 20.3 Å². The number of amides is 1. The van der Waals surface area contributed by atoms with Crippen molar-refractivity contribution < 1.29 is 4.79 Å². The molecule has 5 heteroatoms. The third-order valence-electron chi connectivity index (χ3n) is 5.23. The van der Waals surface area contributed by atoms with Gasteiger partial charge in [0.2, 0.25) is 0 Å². The van der Waals surface area contributed by atoms with E-state index in [1.807, 2.05) is 46.8 Å². The number of nitrogens with zero attached hydrogens (tertiary/aromatic N) is 4. The average Bonchev–Trinajstić information content (AvgIpc) is 2.87. The predicted molar refractivity (Wildman–Crippen MR) is 110 cm³/mol. The minimum Gasteiger partial charge on any atom is -0.269 e. The fourth-order valence-electron chi connectivity index (χ4n) is 3.21. The van der Waals surface area contributed by atoms with E-state index in [-0.39, 0.29) is 5.91 Å². The summed E-state index contributed by atoms with van der Waals surface area (Å²) in [6.07, 6.45) is 0. The van der Waals surface area contributed by atoms with Gasteiger partial charge in [0.05, 0.1) is 17.1 Å². The Bertz CT molecular complexity index is 988. The summed E-state index contributed by atoms with van der Waals surface area (Å²) in [5, 5.41) is 14.6. The van der Waals surface area contributed by atoms with Gasteiger partial charge in [0.15, 0.2) is 6.04 Å². The second kappa shape index (κ2) is 7.06. The van der Waals surface area contributed by atoms with Crippen molar-refractivity contribution in [3.8, 4) is 0 Å². The van der Waals surface area contributed by atoms with E-state index in [1.165, 1.54) is 16.1 Å². The smallest absolute Gasteiger partial charge is 0.269 e. The van der Waals surface area contributed by atoms with Crippen molar-refractivity contribution in [3.63, 3.8) is 0 Å². The Morgan fingerprint density at radius 2 is 1.33 bits per heavy atom. The van der Waals surface area contributed by atoms with Crippen LogP contribution in [0.2, 0.25) is 0 Å². The zero-order chi connectivity index (χ0) is 19.9. The number of benzene rings is 2. The molecule has 0 spiro atoms. The first-order valence-corrected chi connectivity index (χ1v) is 9.14. The molecule has 5 nitrogen and oxygen atoms in total. The van der Waals surface area contributed by atoms with E-state index in [9.17, 15) is 4.79 Å². The Morgan fingerprint density at radius 3 is 2.00 bits per heavy atom. The first-order chi connectivity index (χ1) is 12.7. The standard InChI is InChI=1S/C22H26N4O/c1-12-8-16(5)19(10-14(12)3)23-24-21-18(7)25-26(22(21)27)20-11-15(4)13(2)9-17(20)6/h8-11,21H,1-7H3. The molecule has 140 valence electrons. The highest BCUT2D eigenvalue weighted by molar-refractivity contribution is 6.18. The number of hydrogen-bond donors (Lipinski definition) is 0. The van der Waals surface area contributed by atoms with E-state index in [2.05, 4.69) is 41.3 Å². The zero-order valence-electron chi connectivity index (χ0n) is 17.1. The van der Waals surface area contributed by atoms with Crippen molar-refractivity contribution in [3.05, 3.63) is 57.6 Å². The third-order valence-corrected chi connectivity index (χ3v) is 5.23. The number of anilines is 1. The fourth-order valence-corrected chi connectivity index (χ4v) is 3.21. The van der Waals surface area contributed by atoms with Gasteiger partial charge >= 0.3 is 0 Å². The molecule has 0 N–H and O–H groups in total. The van der Waals surface area contributed by atoms with Crippen LogP contribution in [0, 0.1) is 41.5 Å². The maximum absolute atomic E-state index is 12.9. The molecule has 0 fully saturated rings. The molecule has 1 aliphatic rings.